The van der Waals surface area contributed by atoms with Crippen LogP contribution in [0.3, 0.4) is 0 Å². The maximum absolute atomic E-state index is 12.5. The quantitative estimate of drug-likeness (QED) is 0.727. The number of benzene rings is 2. The molecule has 0 saturated heterocycles. The summed E-state index contributed by atoms with van der Waals surface area (Å²) in [6.45, 7) is 2.10. The molecule has 2 amide bonds. The van der Waals surface area contributed by atoms with Gasteiger partial charge in [0.1, 0.15) is 5.69 Å². The van der Waals surface area contributed by atoms with Crippen LogP contribution in [0.1, 0.15) is 26.4 Å². The molecule has 2 aromatic carbocycles. The van der Waals surface area contributed by atoms with E-state index in [0.717, 1.165) is 5.56 Å². The van der Waals surface area contributed by atoms with E-state index in [9.17, 15) is 9.59 Å². The number of hydrogen-bond donors (Lipinski definition) is 2. The SMILES string of the molecule is Cc1cccc(NC(=O)c2cc(C(=O)Nc3ccc4c(c3)OCO4)ccn2)c1. The van der Waals surface area contributed by atoms with Gasteiger partial charge >= 0.3 is 0 Å². The lowest BCUT2D eigenvalue weighted by molar-refractivity contribution is 0.102. The van der Waals surface area contributed by atoms with Gasteiger partial charge in [-0.25, -0.2) is 0 Å². The Hall–Kier alpha value is -3.87. The number of fused-ring (bicyclic) bond motifs is 1. The average Bonchev–Trinajstić information content (AvgIpc) is 3.16. The Morgan fingerprint density at radius 2 is 1.68 bits per heavy atom. The number of carbonyl (C=O) groups is 2. The van der Waals surface area contributed by atoms with Gasteiger partial charge in [-0.2, -0.15) is 0 Å². The minimum absolute atomic E-state index is 0.153. The molecule has 0 bridgehead atoms. The maximum atomic E-state index is 12.5. The summed E-state index contributed by atoms with van der Waals surface area (Å²) in [7, 11) is 0. The van der Waals surface area contributed by atoms with Crippen LogP contribution in [-0.4, -0.2) is 23.6 Å². The standard InChI is InChI=1S/C21H17N3O4/c1-13-3-2-4-15(9-13)24-21(26)17-10-14(7-8-22-17)20(25)23-16-5-6-18-19(11-16)28-12-27-18/h2-11H,12H2,1H3,(H,23,25)(H,24,26). The van der Waals surface area contributed by atoms with Crippen molar-refractivity contribution in [2.45, 2.75) is 6.92 Å². The van der Waals surface area contributed by atoms with Crippen molar-refractivity contribution in [1.29, 1.82) is 0 Å². The number of pyridine rings is 1. The fourth-order valence-corrected chi connectivity index (χ4v) is 2.79. The number of rotatable bonds is 4. The molecule has 0 aliphatic carbocycles. The summed E-state index contributed by atoms with van der Waals surface area (Å²) in [5.41, 5.74) is 2.74. The molecular formula is C21H17N3O4. The number of aryl methyl sites for hydroxylation is 1. The van der Waals surface area contributed by atoms with Crippen molar-refractivity contribution in [2.75, 3.05) is 17.4 Å². The van der Waals surface area contributed by atoms with E-state index in [1.807, 2.05) is 25.1 Å². The van der Waals surface area contributed by atoms with Gasteiger partial charge in [0.15, 0.2) is 11.5 Å². The van der Waals surface area contributed by atoms with E-state index >= 15 is 0 Å². The number of nitrogens with zero attached hydrogens (tertiary/aromatic N) is 1. The molecule has 7 nitrogen and oxygen atoms in total. The molecule has 0 spiro atoms. The van der Waals surface area contributed by atoms with Crippen molar-refractivity contribution in [3.05, 3.63) is 77.6 Å². The predicted octanol–water partition coefficient (Wildman–Crippen LogP) is 3.62. The second-order valence-corrected chi connectivity index (χ2v) is 6.28. The van der Waals surface area contributed by atoms with Gasteiger partial charge in [-0.15, -0.1) is 0 Å². The summed E-state index contributed by atoms with van der Waals surface area (Å²) in [5, 5.41) is 5.56. The van der Waals surface area contributed by atoms with Crippen LogP contribution in [0.15, 0.2) is 60.8 Å². The first-order valence-corrected chi connectivity index (χ1v) is 8.63. The van der Waals surface area contributed by atoms with E-state index in [0.29, 0.717) is 28.4 Å². The predicted molar refractivity (Wildman–Crippen MR) is 104 cm³/mol. The summed E-state index contributed by atoms with van der Waals surface area (Å²) in [6.07, 6.45) is 1.43. The largest absolute Gasteiger partial charge is 0.454 e. The Morgan fingerprint density at radius 3 is 2.54 bits per heavy atom. The van der Waals surface area contributed by atoms with E-state index < -0.39 is 0 Å². The second-order valence-electron chi connectivity index (χ2n) is 6.28. The molecule has 4 rings (SSSR count). The zero-order chi connectivity index (χ0) is 19.5. The normalized spacial score (nSPS) is 11.8. The van der Waals surface area contributed by atoms with Crippen molar-refractivity contribution in [2.24, 2.45) is 0 Å². The molecule has 0 saturated carbocycles. The topological polar surface area (TPSA) is 89.6 Å². The molecule has 0 radical (unpaired) electrons. The van der Waals surface area contributed by atoms with Gasteiger partial charge in [0.25, 0.3) is 11.8 Å². The molecule has 1 aromatic heterocycles. The second kappa shape index (κ2) is 7.40. The van der Waals surface area contributed by atoms with E-state index in [4.69, 9.17) is 9.47 Å². The van der Waals surface area contributed by atoms with Crippen LogP contribution in [0.25, 0.3) is 0 Å². The first kappa shape index (κ1) is 17.5. The number of hydrogen-bond acceptors (Lipinski definition) is 5. The third kappa shape index (κ3) is 3.78. The van der Waals surface area contributed by atoms with Gasteiger partial charge in [-0.1, -0.05) is 12.1 Å². The van der Waals surface area contributed by atoms with E-state index in [1.54, 1.807) is 30.3 Å². The molecule has 1 aliphatic rings. The Kier molecular flexibility index (Phi) is 4.63. The Labute approximate surface area is 161 Å². The molecule has 2 N–H and O–H groups in total. The van der Waals surface area contributed by atoms with E-state index in [2.05, 4.69) is 15.6 Å². The molecule has 1 aliphatic heterocycles. The molecule has 0 atom stereocenters. The highest BCUT2D eigenvalue weighted by molar-refractivity contribution is 6.07. The van der Waals surface area contributed by atoms with Gasteiger partial charge in [0.05, 0.1) is 0 Å². The number of carbonyl (C=O) groups excluding carboxylic acids is 2. The third-order valence-corrected chi connectivity index (χ3v) is 4.16. The Bertz CT molecular complexity index is 1070. The first-order chi connectivity index (χ1) is 13.6. The lowest BCUT2D eigenvalue weighted by Crippen LogP contribution is -2.17. The number of nitrogens with one attached hydrogen (secondary N) is 2. The molecule has 2 heterocycles. The van der Waals surface area contributed by atoms with Crippen molar-refractivity contribution >= 4 is 23.2 Å². The molecular weight excluding hydrogens is 358 g/mol. The summed E-state index contributed by atoms with van der Waals surface area (Å²) >= 11 is 0. The number of aromatic nitrogens is 1. The number of amides is 2. The average molecular weight is 375 g/mol. The van der Waals surface area contributed by atoms with Crippen molar-refractivity contribution in [1.82, 2.24) is 4.98 Å². The van der Waals surface area contributed by atoms with E-state index in [1.165, 1.54) is 12.3 Å². The zero-order valence-corrected chi connectivity index (χ0v) is 15.1. The van der Waals surface area contributed by atoms with Crippen LogP contribution < -0.4 is 20.1 Å². The highest BCUT2D eigenvalue weighted by Gasteiger charge is 2.16. The minimum Gasteiger partial charge on any atom is -0.454 e. The number of ether oxygens (including phenoxy) is 2. The lowest BCUT2D eigenvalue weighted by atomic mass is 10.2. The van der Waals surface area contributed by atoms with Gasteiger partial charge in [-0.05, 0) is 48.9 Å². The number of anilines is 2. The zero-order valence-electron chi connectivity index (χ0n) is 15.1. The highest BCUT2D eigenvalue weighted by Crippen LogP contribution is 2.34. The molecule has 7 heteroatoms. The fraction of sp³-hybridized carbons (Fsp3) is 0.0952. The Morgan fingerprint density at radius 1 is 0.893 bits per heavy atom. The molecule has 0 fully saturated rings. The van der Waals surface area contributed by atoms with Gasteiger partial charge in [-0.3, -0.25) is 14.6 Å². The van der Waals surface area contributed by atoms with Crippen molar-refractivity contribution in [3.63, 3.8) is 0 Å². The van der Waals surface area contributed by atoms with Crippen LogP contribution >= 0.6 is 0 Å². The van der Waals surface area contributed by atoms with Crippen molar-refractivity contribution in [3.8, 4) is 11.5 Å². The van der Waals surface area contributed by atoms with Crippen LogP contribution in [0.5, 0.6) is 11.5 Å². The summed E-state index contributed by atoms with van der Waals surface area (Å²) in [5.74, 6) is 0.469. The smallest absolute Gasteiger partial charge is 0.274 e. The van der Waals surface area contributed by atoms with Crippen LogP contribution in [-0.2, 0) is 0 Å². The van der Waals surface area contributed by atoms with Crippen LogP contribution in [0.4, 0.5) is 11.4 Å². The third-order valence-electron chi connectivity index (χ3n) is 4.16. The van der Waals surface area contributed by atoms with Gasteiger partial charge in [0, 0.05) is 29.2 Å². The molecule has 0 unspecified atom stereocenters. The van der Waals surface area contributed by atoms with Crippen molar-refractivity contribution < 1.29 is 19.1 Å². The van der Waals surface area contributed by atoms with Crippen LogP contribution in [0.2, 0.25) is 0 Å². The molecule has 3 aromatic rings. The first-order valence-electron chi connectivity index (χ1n) is 8.63. The maximum Gasteiger partial charge on any atom is 0.274 e. The minimum atomic E-state index is -0.386. The van der Waals surface area contributed by atoms with Gasteiger partial charge in [0.2, 0.25) is 6.79 Å². The monoisotopic (exact) mass is 375 g/mol. The highest BCUT2D eigenvalue weighted by atomic mass is 16.7. The summed E-state index contributed by atoms with van der Waals surface area (Å²) in [6, 6.07) is 15.6. The molecule has 28 heavy (non-hydrogen) atoms. The lowest BCUT2D eigenvalue weighted by Gasteiger charge is -2.08. The van der Waals surface area contributed by atoms with Crippen LogP contribution in [0, 0.1) is 6.92 Å². The summed E-state index contributed by atoms with van der Waals surface area (Å²) < 4.78 is 10.6. The summed E-state index contributed by atoms with van der Waals surface area (Å²) in [4.78, 5) is 29.1. The van der Waals surface area contributed by atoms with E-state index in [-0.39, 0.29) is 24.3 Å². The molecule has 140 valence electrons. The fourth-order valence-electron chi connectivity index (χ4n) is 2.79. The van der Waals surface area contributed by atoms with Gasteiger partial charge < -0.3 is 20.1 Å². The Balaban J connectivity index is 1.48.